The zero-order valence-corrected chi connectivity index (χ0v) is 18.6. The predicted octanol–water partition coefficient (Wildman–Crippen LogP) is 2.70. The fourth-order valence-corrected chi connectivity index (χ4v) is 4.31. The van der Waals surface area contributed by atoms with E-state index >= 15 is 0 Å². The summed E-state index contributed by atoms with van der Waals surface area (Å²) in [6.45, 7) is 3.25. The summed E-state index contributed by atoms with van der Waals surface area (Å²) < 4.78 is 21.6. The smallest absolute Gasteiger partial charge is 0.231 e. The van der Waals surface area contributed by atoms with Crippen molar-refractivity contribution >= 4 is 11.8 Å². The Bertz CT molecular complexity index is 1010. The van der Waals surface area contributed by atoms with Crippen molar-refractivity contribution in [2.75, 3.05) is 34.1 Å². The third-order valence-corrected chi connectivity index (χ3v) is 6.06. The molecule has 2 aliphatic heterocycles. The van der Waals surface area contributed by atoms with Gasteiger partial charge in [0.2, 0.25) is 18.6 Å². The van der Waals surface area contributed by atoms with Crippen molar-refractivity contribution in [1.29, 1.82) is 0 Å². The molecule has 0 bridgehead atoms. The molecule has 0 saturated carbocycles. The van der Waals surface area contributed by atoms with E-state index < -0.39 is 0 Å². The van der Waals surface area contributed by atoms with Crippen molar-refractivity contribution in [2.45, 2.75) is 25.8 Å². The number of carbonyl (C=O) groups is 2. The van der Waals surface area contributed by atoms with E-state index in [2.05, 4.69) is 5.32 Å². The van der Waals surface area contributed by atoms with Crippen LogP contribution in [0.1, 0.15) is 30.4 Å². The minimum atomic E-state index is -0.387. The Morgan fingerprint density at radius 3 is 2.62 bits per heavy atom. The van der Waals surface area contributed by atoms with Crippen molar-refractivity contribution in [3.63, 3.8) is 0 Å². The highest BCUT2D eigenvalue weighted by molar-refractivity contribution is 5.83. The van der Waals surface area contributed by atoms with E-state index in [1.807, 2.05) is 37.3 Å². The van der Waals surface area contributed by atoms with E-state index in [-0.39, 0.29) is 30.4 Å². The molecule has 0 aromatic heterocycles. The lowest BCUT2D eigenvalue weighted by Crippen LogP contribution is -2.35. The van der Waals surface area contributed by atoms with Crippen LogP contribution < -0.4 is 24.3 Å². The number of amides is 2. The number of hydrogen-bond acceptors (Lipinski definition) is 6. The molecule has 1 fully saturated rings. The van der Waals surface area contributed by atoms with Crippen LogP contribution in [0, 0.1) is 5.92 Å². The quantitative estimate of drug-likeness (QED) is 0.713. The van der Waals surface area contributed by atoms with Crippen molar-refractivity contribution in [1.82, 2.24) is 10.2 Å². The fraction of sp³-hybridized carbons (Fsp3) is 0.417. The number of rotatable bonds is 7. The Balaban J connectivity index is 1.53. The van der Waals surface area contributed by atoms with Crippen LogP contribution in [-0.2, 0) is 16.1 Å². The van der Waals surface area contributed by atoms with Crippen LogP contribution in [0.25, 0.3) is 0 Å². The van der Waals surface area contributed by atoms with Crippen molar-refractivity contribution in [3.05, 3.63) is 47.5 Å². The summed E-state index contributed by atoms with van der Waals surface area (Å²) in [4.78, 5) is 27.4. The highest BCUT2D eigenvalue weighted by atomic mass is 16.7. The first kappa shape index (κ1) is 21.8. The number of fused-ring (bicyclic) bond motifs is 1. The van der Waals surface area contributed by atoms with Crippen LogP contribution in [0.2, 0.25) is 0 Å². The number of benzene rings is 2. The third kappa shape index (κ3) is 4.30. The molecule has 0 unspecified atom stereocenters. The average Bonchev–Trinajstić information content (AvgIpc) is 3.48. The van der Waals surface area contributed by atoms with Gasteiger partial charge >= 0.3 is 0 Å². The Labute approximate surface area is 187 Å². The molecule has 2 aliphatic rings. The van der Waals surface area contributed by atoms with Crippen LogP contribution in [0.15, 0.2) is 36.4 Å². The molecule has 2 aromatic rings. The Morgan fingerprint density at radius 1 is 1.06 bits per heavy atom. The van der Waals surface area contributed by atoms with Gasteiger partial charge in [-0.05, 0) is 23.8 Å². The highest BCUT2D eigenvalue weighted by Gasteiger charge is 2.41. The van der Waals surface area contributed by atoms with Gasteiger partial charge in [0.1, 0.15) is 11.5 Å². The van der Waals surface area contributed by atoms with Gasteiger partial charge in [-0.1, -0.05) is 19.1 Å². The number of ether oxygens (including phenoxy) is 4. The maximum absolute atomic E-state index is 13.2. The molecule has 2 amide bonds. The minimum Gasteiger partial charge on any atom is -0.497 e. The molecule has 32 heavy (non-hydrogen) atoms. The first-order valence-corrected chi connectivity index (χ1v) is 10.7. The Kier molecular flexibility index (Phi) is 6.39. The monoisotopic (exact) mass is 440 g/mol. The summed E-state index contributed by atoms with van der Waals surface area (Å²) in [5.74, 6) is 2.08. The van der Waals surface area contributed by atoms with Gasteiger partial charge in [-0.25, -0.2) is 0 Å². The van der Waals surface area contributed by atoms with Crippen LogP contribution in [-0.4, -0.2) is 50.8 Å². The average molecular weight is 440 g/mol. The molecule has 8 heteroatoms. The molecule has 2 atom stereocenters. The fourth-order valence-electron chi connectivity index (χ4n) is 4.31. The van der Waals surface area contributed by atoms with E-state index in [1.165, 1.54) is 0 Å². The molecule has 1 saturated heterocycles. The van der Waals surface area contributed by atoms with E-state index in [9.17, 15) is 9.59 Å². The van der Waals surface area contributed by atoms with Gasteiger partial charge in [0.15, 0.2) is 11.5 Å². The van der Waals surface area contributed by atoms with Gasteiger partial charge in [0.25, 0.3) is 0 Å². The van der Waals surface area contributed by atoms with E-state index in [1.54, 1.807) is 25.2 Å². The topological polar surface area (TPSA) is 86.3 Å². The van der Waals surface area contributed by atoms with Crippen molar-refractivity contribution in [2.24, 2.45) is 5.92 Å². The number of nitrogens with one attached hydrogen (secondary N) is 1. The predicted molar refractivity (Wildman–Crippen MR) is 117 cm³/mol. The SMILES string of the molecule is CCC(=O)N1C[C@H](C(=O)NCc2ccc3c(c2)OCO3)[C@@H](c2ccc(OC)cc2OC)C1. The lowest BCUT2D eigenvalue weighted by Gasteiger charge is -2.21. The number of methoxy groups -OCH3 is 2. The Hall–Kier alpha value is -3.42. The Morgan fingerprint density at radius 2 is 1.88 bits per heavy atom. The first-order valence-electron chi connectivity index (χ1n) is 10.7. The van der Waals surface area contributed by atoms with Gasteiger partial charge in [-0.2, -0.15) is 0 Å². The van der Waals surface area contributed by atoms with E-state index in [4.69, 9.17) is 18.9 Å². The maximum atomic E-state index is 13.2. The number of carbonyl (C=O) groups excluding carboxylic acids is 2. The molecule has 2 aromatic carbocycles. The summed E-state index contributed by atoms with van der Waals surface area (Å²) in [5.41, 5.74) is 1.81. The minimum absolute atomic E-state index is 0.0357. The zero-order valence-electron chi connectivity index (χ0n) is 18.6. The third-order valence-electron chi connectivity index (χ3n) is 6.06. The van der Waals surface area contributed by atoms with Gasteiger partial charge < -0.3 is 29.2 Å². The normalized spacial score (nSPS) is 19.0. The summed E-state index contributed by atoms with van der Waals surface area (Å²) in [6, 6.07) is 11.2. The molecule has 2 heterocycles. The van der Waals surface area contributed by atoms with Gasteiger partial charge in [-0.3, -0.25) is 9.59 Å². The van der Waals surface area contributed by atoms with E-state index in [0.29, 0.717) is 49.1 Å². The standard InChI is InChI=1S/C24H28N2O6/c1-4-23(27)26-12-18(17-7-6-16(29-2)10-21(17)30-3)19(13-26)24(28)25-11-15-5-8-20-22(9-15)32-14-31-20/h5-10,18-19H,4,11-14H2,1-3H3,(H,25,28)/t18-,19+/m1/s1. The molecule has 0 aliphatic carbocycles. The first-order chi connectivity index (χ1) is 15.5. The van der Waals surface area contributed by atoms with Gasteiger partial charge in [0, 0.05) is 43.6 Å². The van der Waals surface area contributed by atoms with Crippen molar-refractivity contribution in [3.8, 4) is 23.0 Å². The molecular weight excluding hydrogens is 412 g/mol. The van der Waals surface area contributed by atoms with E-state index in [0.717, 1.165) is 11.1 Å². The van der Waals surface area contributed by atoms with Crippen LogP contribution in [0.3, 0.4) is 0 Å². The molecule has 0 radical (unpaired) electrons. The zero-order chi connectivity index (χ0) is 22.7. The molecule has 1 N–H and O–H groups in total. The number of nitrogens with zero attached hydrogens (tertiary/aromatic N) is 1. The second kappa shape index (κ2) is 9.38. The van der Waals surface area contributed by atoms with Gasteiger partial charge in [0.05, 0.1) is 20.1 Å². The molecule has 170 valence electrons. The second-order valence-electron chi connectivity index (χ2n) is 7.88. The van der Waals surface area contributed by atoms with Crippen LogP contribution in [0.4, 0.5) is 0 Å². The van der Waals surface area contributed by atoms with Crippen molar-refractivity contribution < 1.29 is 28.5 Å². The molecular formula is C24H28N2O6. The lowest BCUT2D eigenvalue weighted by atomic mass is 9.87. The maximum Gasteiger partial charge on any atom is 0.231 e. The highest BCUT2D eigenvalue weighted by Crippen LogP contribution is 2.39. The van der Waals surface area contributed by atoms with Crippen LogP contribution >= 0.6 is 0 Å². The molecule has 8 nitrogen and oxygen atoms in total. The largest absolute Gasteiger partial charge is 0.497 e. The number of hydrogen-bond donors (Lipinski definition) is 1. The summed E-state index contributed by atoms with van der Waals surface area (Å²) >= 11 is 0. The molecule has 4 rings (SSSR count). The lowest BCUT2D eigenvalue weighted by molar-refractivity contribution is -0.130. The van der Waals surface area contributed by atoms with Crippen LogP contribution in [0.5, 0.6) is 23.0 Å². The van der Waals surface area contributed by atoms with Gasteiger partial charge in [-0.15, -0.1) is 0 Å². The molecule has 0 spiro atoms. The summed E-state index contributed by atoms with van der Waals surface area (Å²) in [6.07, 6.45) is 0.401. The summed E-state index contributed by atoms with van der Waals surface area (Å²) in [5, 5.41) is 3.03. The number of likely N-dealkylation sites (tertiary alicyclic amines) is 1. The summed E-state index contributed by atoms with van der Waals surface area (Å²) in [7, 11) is 3.19. The second-order valence-corrected chi connectivity index (χ2v) is 7.88.